The Labute approximate surface area is 456 Å². The molecule has 0 aliphatic carbocycles. The molecule has 8 rings (SSSR count). The van der Waals surface area contributed by atoms with Gasteiger partial charge in [0.25, 0.3) is 0 Å². The third-order valence-electron chi connectivity index (χ3n) is 6.37. The van der Waals surface area contributed by atoms with Crippen LogP contribution in [0.5, 0.6) is 0 Å². The van der Waals surface area contributed by atoms with Gasteiger partial charge in [-0.2, -0.15) is 0 Å². The summed E-state index contributed by atoms with van der Waals surface area (Å²) in [6.45, 7) is 0. The van der Waals surface area contributed by atoms with Gasteiger partial charge in [0, 0.05) is 70.4 Å². The van der Waals surface area contributed by atoms with E-state index >= 15 is 0 Å². The van der Waals surface area contributed by atoms with Gasteiger partial charge in [0.05, 0.1) is 45.6 Å². The second-order valence-electron chi connectivity index (χ2n) is 10.5. The third kappa shape index (κ3) is 55.1. The molecule has 434 valence electrons. The summed E-state index contributed by atoms with van der Waals surface area (Å²) in [5, 5.41) is 0. The summed E-state index contributed by atoms with van der Waals surface area (Å²) in [4.78, 5) is 33.5. The van der Waals surface area contributed by atoms with Crippen LogP contribution in [0.25, 0.3) is 45.6 Å². The van der Waals surface area contributed by atoms with Gasteiger partial charge in [0.1, 0.15) is 0 Å². The number of nitrogens with zero attached hydrogens (tertiary/aromatic N) is 8. The van der Waals surface area contributed by atoms with Crippen LogP contribution in [0, 0.1) is 0 Å². The van der Waals surface area contributed by atoms with Gasteiger partial charge in [-0.05, 0) is 97.1 Å². The van der Waals surface area contributed by atoms with E-state index in [0.29, 0.717) is 0 Å². The average Bonchev–Trinajstić information content (AvgIpc) is 3.26. The van der Waals surface area contributed by atoms with Gasteiger partial charge in [-0.15, -0.1) is 0 Å². The van der Waals surface area contributed by atoms with Crippen LogP contribution in [0.4, 0.5) is 0 Å². The van der Waals surface area contributed by atoms with Crippen molar-refractivity contribution in [3.63, 3.8) is 0 Å². The minimum atomic E-state index is -5.17. The van der Waals surface area contributed by atoms with E-state index < -0.39 is 20.8 Å². The zero-order valence-electron chi connectivity index (χ0n) is 38.8. The molecule has 36 heteroatoms. The van der Waals surface area contributed by atoms with Crippen molar-refractivity contribution in [1.29, 1.82) is 0 Å². The maximum Gasteiger partial charge on any atom is 3.00 e. The Morgan fingerprint density at radius 1 is 0.224 bits per heavy atom. The smallest absolute Gasteiger partial charge is 2.00 e. The van der Waals surface area contributed by atoms with Crippen LogP contribution in [0.3, 0.4) is 0 Å². The van der Waals surface area contributed by atoms with Crippen molar-refractivity contribution in [1.82, 2.24) is 39.9 Å². The van der Waals surface area contributed by atoms with Gasteiger partial charge >= 0.3 is 34.1 Å². The molecule has 0 unspecified atom stereocenters. The molecule has 0 aromatic carbocycles. The van der Waals surface area contributed by atoms with Crippen molar-refractivity contribution in [3.05, 3.63) is 195 Å². The van der Waals surface area contributed by atoms with Crippen molar-refractivity contribution in [2.24, 2.45) is 0 Å². The van der Waals surface area contributed by atoms with Crippen molar-refractivity contribution < 1.29 is 157 Å². The minimum Gasteiger partial charge on any atom is -2.00 e. The third-order valence-corrected chi connectivity index (χ3v) is 6.37. The van der Waals surface area contributed by atoms with E-state index in [9.17, 15) is 0 Å². The van der Waals surface area contributed by atoms with Crippen LogP contribution in [0.15, 0.2) is 195 Å². The maximum atomic E-state index is 8.52. The molecule has 0 aliphatic heterocycles. The van der Waals surface area contributed by atoms with Crippen molar-refractivity contribution in [2.45, 2.75) is 0 Å². The number of rotatable bonds is 4. The standard InChI is InChI=1S/4C10H8N2.2Fe.2H2O4S.15H2O.O/c4*1-3-7-11-9(5-1)10-6-2-4-8-12-10;;;2*1-5(2,3)4;;;;;;;;;;;;;;;;/h4*1-8H;;;2*(H2,1,2,3,4);15*1H2;/q;;;;2*+3;;;;;;;;;;;;;;;;;;-2/p-4. The van der Waals surface area contributed by atoms with Gasteiger partial charge < -0.3 is 106 Å². The zero-order valence-corrected chi connectivity index (χ0v) is 42.6. The van der Waals surface area contributed by atoms with E-state index in [4.69, 9.17) is 35.0 Å². The Morgan fingerprint density at radius 2 is 0.303 bits per heavy atom. The molecule has 0 bridgehead atoms. The van der Waals surface area contributed by atoms with E-state index in [1.165, 1.54) is 0 Å². The molecule has 2 radical (unpaired) electrons. The Balaban J connectivity index is -0.0000000397. The Hall–Kier alpha value is -6.66. The molecule has 8 aromatic rings. The molecular weight excluding hydrogens is 1150 g/mol. The van der Waals surface area contributed by atoms with Crippen LogP contribution < -0.4 is 0 Å². The van der Waals surface area contributed by atoms with Gasteiger partial charge in [-0.3, -0.25) is 56.7 Å². The predicted octanol–water partition coefficient (Wildman–Crippen LogP) is -6.60. The van der Waals surface area contributed by atoms with E-state index in [2.05, 4.69) is 39.9 Å². The summed E-state index contributed by atoms with van der Waals surface area (Å²) >= 11 is 0. The maximum absolute atomic E-state index is 8.52. The molecule has 0 amide bonds. The Bertz CT molecular complexity index is 2040. The fourth-order valence-corrected chi connectivity index (χ4v) is 4.11. The molecule has 0 aliphatic rings. The molecule has 0 saturated heterocycles. The molecule has 76 heavy (non-hydrogen) atoms. The van der Waals surface area contributed by atoms with Gasteiger partial charge in [-0.1, -0.05) is 48.5 Å². The summed E-state index contributed by atoms with van der Waals surface area (Å²) in [5.41, 5.74) is 7.32. The van der Waals surface area contributed by atoms with Crippen LogP contribution >= 0.6 is 0 Å². The first-order valence-electron chi connectivity index (χ1n) is 16.5. The molecule has 30 N–H and O–H groups in total. The fraction of sp³-hybridized carbons (Fsp3) is 0. The molecule has 0 saturated carbocycles. The van der Waals surface area contributed by atoms with Gasteiger partial charge in [0.15, 0.2) is 0 Å². The molecule has 0 atom stereocenters. The van der Waals surface area contributed by atoms with Crippen LogP contribution in [-0.2, 0) is 60.4 Å². The van der Waals surface area contributed by atoms with E-state index in [-0.39, 0.29) is 122 Å². The summed E-state index contributed by atoms with van der Waals surface area (Å²) in [6, 6.07) is 46.4. The number of hydrogen-bond acceptors (Lipinski definition) is 16. The quantitative estimate of drug-likeness (QED) is 0.0898. The summed E-state index contributed by atoms with van der Waals surface area (Å²) in [7, 11) is -10.3. The molecule has 8 heterocycles. The summed E-state index contributed by atoms with van der Waals surface area (Å²) in [5.74, 6) is 0. The first kappa shape index (κ1) is 114. The molecule has 32 nitrogen and oxygen atoms in total. The van der Waals surface area contributed by atoms with Crippen LogP contribution in [0.1, 0.15) is 0 Å². The number of hydrogen-bond donors (Lipinski definition) is 0. The van der Waals surface area contributed by atoms with E-state index in [1.54, 1.807) is 49.6 Å². The molecule has 8 aromatic heterocycles. The predicted molar refractivity (Wildman–Crippen MR) is 266 cm³/mol. The number of aromatic nitrogens is 8. The Morgan fingerprint density at radius 3 is 0.355 bits per heavy atom. The van der Waals surface area contributed by atoms with E-state index in [1.807, 2.05) is 146 Å². The normalized spacial score (nSPS) is 7.63. The second kappa shape index (κ2) is 64.5. The largest absolute Gasteiger partial charge is 3.00 e. The van der Waals surface area contributed by atoms with Crippen molar-refractivity contribution >= 4 is 20.8 Å². The first-order chi connectivity index (χ1) is 27.9. The van der Waals surface area contributed by atoms with Crippen molar-refractivity contribution in [2.75, 3.05) is 0 Å². The second-order valence-corrected chi connectivity index (χ2v) is 12.2. The average molecular weight is 1210 g/mol. The van der Waals surface area contributed by atoms with Gasteiger partial charge in [-0.25, -0.2) is 0 Å². The topological polar surface area (TPSA) is 765 Å². The zero-order chi connectivity index (χ0) is 41.9. The van der Waals surface area contributed by atoms with Crippen LogP contribution in [-0.4, -0.2) is 157 Å². The monoisotopic (exact) mass is 1210 g/mol. The van der Waals surface area contributed by atoms with Crippen molar-refractivity contribution in [3.8, 4) is 45.6 Å². The van der Waals surface area contributed by atoms with E-state index in [0.717, 1.165) is 45.6 Å². The molecular formula is C40H62Fe2N8O24S2. The Kier molecular flexibility index (Phi) is 96.5. The van der Waals surface area contributed by atoms with Crippen LogP contribution in [0.2, 0.25) is 0 Å². The molecule has 0 spiro atoms. The molecule has 0 fully saturated rings. The first-order valence-corrected chi connectivity index (χ1v) is 19.2. The number of pyridine rings is 8. The SMILES string of the molecule is O.O.O.O.O.O.O.O.O.O.O.O.O.O.O.O=S(=O)([O-])[O-].O=S(=O)([O-])[O-].[Fe+3].[Fe+3].[O-2].c1ccc(-c2ccccn2)nc1.c1ccc(-c2ccccn2)nc1.c1ccc(-c2ccccn2)nc1.c1ccc(-c2ccccn2)nc1. The summed E-state index contributed by atoms with van der Waals surface area (Å²) < 4.78 is 68.2. The summed E-state index contributed by atoms with van der Waals surface area (Å²) in [6.07, 6.45) is 14.1. The fourth-order valence-electron chi connectivity index (χ4n) is 4.11. The minimum absolute atomic E-state index is 0. The van der Waals surface area contributed by atoms with Gasteiger partial charge in [0.2, 0.25) is 0 Å².